The van der Waals surface area contributed by atoms with Crippen LogP contribution < -0.4 is 0 Å². The second kappa shape index (κ2) is 5.48. The Balaban J connectivity index is 2.06. The molecule has 0 bridgehead atoms. The lowest BCUT2D eigenvalue weighted by atomic mass is 9.63. The Morgan fingerprint density at radius 2 is 2.25 bits per heavy atom. The average Bonchev–Trinajstić information content (AvgIpc) is 2.66. The second-order valence-corrected chi connectivity index (χ2v) is 7.38. The van der Waals surface area contributed by atoms with Gasteiger partial charge in [-0.2, -0.15) is 0 Å². The van der Waals surface area contributed by atoms with Crippen LogP contribution >= 0.6 is 0 Å². The highest BCUT2D eigenvalue weighted by Gasteiger charge is 2.47. The maximum absolute atomic E-state index is 12.1. The molecule has 1 saturated carbocycles. The third-order valence-corrected chi connectivity index (χ3v) is 5.06. The zero-order valence-electron chi connectivity index (χ0n) is 13.3. The number of fused-ring (bicyclic) bond motifs is 1. The summed E-state index contributed by atoms with van der Waals surface area (Å²) in [5.41, 5.74) is 0.824. The molecule has 0 amide bonds. The molecule has 2 nitrogen and oxygen atoms in total. The lowest BCUT2D eigenvalue weighted by Gasteiger charge is -2.40. The van der Waals surface area contributed by atoms with Gasteiger partial charge < -0.3 is 5.11 Å². The molecule has 0 aromatic heterocycles. The van der Waals surface area contributed by atoms with E-state index in [1.54, 1.807) is 13.8 Å². The van der Waals surface area contributed by atoms with Gasteiger partial charge >= 0.3 is 0 Å². The number of hydrogen-bond acceptors (Lipinski definition) is 2. The molecule has 2 rings (SSSR count). The van der Waals surface area contributed by atoms with E-state index in [0.717, 1.165) is 32.1 Å². The van der Waals surface area contributed by atoms with Gasteiger partial charge in [0.05, 0.1) is 5.60 Å². The SMILES string of the molecule is C[C@@H](C/C=C/C(C)(C)O)C1=CC[C@H]2C(=O)CCC[C@]12C. The van der Waals surface area contributed by atoms with Gasteiger partial charge in [-0.3, -0.25) is 4.79 Å². The molecular weight excluding hydrogens is 248 g/mol. The summed E-state index contributed by atoms with van der Waals surface area (Å²) >= 11 is 0. The normalized spacial score (nSPS) is 32.4. The standard InChI is InChI=1S/C18H28O2/c1-13(7-5-11-17(2,3)20)14-9-10-15-16(19)8-6-12-18(14,15)4/h5,9,11,13,15,20H,6-8,10,12H2,1-4H3/b11-5+/t13-,15-,18+/m0/s1. The number of ketones is 1. The topological polar surface area (TPSA) is 37.3 Å². The maximum Gasteiger partial charge on any atom is 0.137 e. The van der Waals surface area contributed by atoms with Gasteiger partial charge in [0, 0.05) is 12.3 Å². The predicted octanol–water partition coefficient (Wildman–Crippen LogP) is 4.05. The Morgan fingerprint density at radius 3 is 2.90 bits per heavy atom. The highest BCUT2D eigenvalue weighted by molar-refractivity contribution is 5.84. The molecule has 0 saturated heterocycles. The molecule has 0 unspecified atom stereocenters. The van der Waals surface area contributed by atoms with E-state index in [-0.39, 0.29) is 11.3 Å². The molecule has 20 heavy (non-hydrogen) atoms. The van der Waals surface area contributed by atoms with E-state index in [1.807, 2.05) is 6.08 Å². The molecular formula is C18H28O2. The molecule has 0 heterocycles. The van der Waals surface area contributed by atoms with Gasteiger partial charge in [-0.1, -0.05) is 37.6 Å². The Bertz CT molecular complexity index is 439. The van der Waals surface area contributed by atoms with E-state index >= 15 is 0 Å². The van der Waals surface area contributed by atoms with E-state index in [0.29, 0.717) is 11.7 Å². The summed E-state index contributed by atoms with van der Waals surface area (Å²) in [5, 5.41) is 9.72. The third kappa shape index (κ3) is 3.06. The van der Waals surface area contributed by atoms with Crippen molar-refractivity contribution < 1.29 is 9.90 Å². The third-order valence-electron chi connectivity index (χ3n) is 5.06. The van der Waals surface area contributed by atoms with Crippen LogP contribution in [0.4, 0.5) is 0 Å². The van der Waals surface area contributed by atoms with Crippen LogP contribution in [0.25, 0.3) is 0 Å². The van der Waals surface area contributed by atoms with Gasteiger partial charge in [0.25, 0.3) is 0 Å². The number of rotatable bonds is 4. The van der Waals surface area contributed by atoms with Crippen LogP contribution in [-0.4, -0.2) is 16.5 Å². The Kier molecular flexibility index (Phi) is 4.24. The quantitative estimate of drug-likeness (QED) is 0.787. The zero-order chi connectivity index (χ0) is 15.0. The van der Waals surface area contributed by atoms with Crippen LogP contribution in [0, 0.1) is 17.3 Å². The Hall–Kier alpha value is -0.890. The lowest BCUT2D eigenvalue weighted by Crippen LogP contribution is -2.36. The van der Waals surface area contributed by atoms with Crippen molar-refractivity contribution in [2.45, 2.75) is 65.4 Å². The lowest BCUT2D eigenvalue weighted by molar-refractivity contribution is -0.128. The predicted molar refractivity (Wildman–Crippen MR) is 82.4 cm³/mol. The van der Waals surface area contributed by atoms with Crippen molar-refractivity contribution in [3.8, 4) is 0 Å². The molecule has 1 N–H and O–H groups in total. The van der Waals surface area contributed by atoms with Gasteiger partial charge in [-0.05, 0) is 50.9 Å². The fourth-order valence-electron chi connectivity index (χ4n) is 4.00. The van der Waals surface area contributed by atoms with E-state index in [9.17, 15) is 9.90 Å². The molecule has 0 radical (unpaired) electrons. The first-order chi connectivity index (χ1) is 9.24. The second-order valence-electron chi connectivity index (χ2n) is 7.38. The summed E-state index contributed by atoms with van der Waals surface area (Å²) in [5.74, 6) is 1.14. The maximum atomic E-state index is 12.1. The van der Waals surface area contributed by atoms with Crippen molar-refractivity contribution in [2.75, 3.05) is 0 Å². The molecule has 2 aliphatic rings. The molecule has 0 aliphatic heterocycles. The van der Waals surface area contributed by atoms with Gasteiger partial charge in [-0.25, -0.2) is 0 Å². The summed E-state index contributed by atoms with van der Waals surface area (Å²) in [7, 11) is 0. The van der Waals surface area contributed by atoms with Crippen molar-refractivity contribution in [1.82, 2.24) is 0 Å². The first-order valence-corrected chi connectivity index (χ1v) is 7.87. The van der Waals surface area contributed by atoms with E-state index < -0.39 is 5.60 Å². The van der Waals surface area contributed by atoms with Crippen LogP contribution in [0.3, 0.4) is 0 Å². The average molecular weight is 276 g/mol. The van der Waals surface area contributed by atoms with E-state index in [2.05, 4.69) is 26.0 Å². The molecule has 3 atom stereocenters. The van der Waals surface area contributed by atoms with Crippen LogP contribution in [0.2, 0.25) is 0 Å². The number of carbonyl (C=O) groups is 1. The minimum Gasteiger partial charge on any atom is -0.386 e. The van der Waals surface area contributed by atoms with Crippen molar-refractivity contribution >= 4 is 5.78 Å². The van der Waals surface area contributed by atoms with Crippen molar-refractivity contribution in [1.29, 1.82) is 0 Å². The van der Waals surface area contributed by atoms with Gasteiger partial charge in [0.15, 0.2) is 0 Å². The summed E-state index contributed by atoms with van der Waals surface area (Å²) in [6, 6.07) is 0. The molecule has 1 fully saturated rings. The fourth-order valence-corrected chi connectivity index (χ4v) is 4.00. The van der Waals surface area contributed by atoms with Gasteiger partial charge in [0.1, 0.15) is 5.78 Å². The van der Waals surface area contributed by atoms with Crippen LogP contribution in [0.1, 0.15) is 59.8 Å². The number of carbonyl (C=O) groups excluding carboxylic acids is 1. The number of Topliss-reactive ketones (excluding diaryl/α,β-unsaturated/α-hetero) is 1. The Morgan fingerprint density at radius 1 is 1.55 bits per heavy atom. The first kappa shape index (κ1) is 15.5. The highest BCUT2D eigenvalue weighted by Crippen LogP contribution is 2.53. The largest absolute Gasteiger partial charge is 0.386 e. The number of hydrogen-bond donors (Lipinski definition) is 1. The van der Waals surface area contributed by atoms with Crippen LogP contribution in [0.15, 0.2) is 23.8 Å². The summed E-state index contributed by atoms with van der Waals surface area (Å²) in [4.78, 5) is 12.1. The minimum absolute atomic E-state index is 0.0946. The number of aliphatic hydroxyl groups is 1. The molecule has 0 aromatic rings. The zero-order valence-corrected chi connectivity index (χ0v) is 13.3. The van der Waals surface area contributed by atoms with Crippen LogP contribution in [0.5, 0.6) is 0 Å². The van der Waals surface area contributed by atoms with E-state index in [1.165, 1.54) is 5.57 Å². The molecule has 2 aliphatic carbocycles. The van der Waals surface area contributed by atoms with Crippen molar-refractivity contribution in [3.05, 3.63) is 23.8 Å². The van der Waals surface area contributed by atoms with Gasteiger partial charge in [-0.15, -0.1) is 0 Å². The van der Waals surface area contributed by atoms with Gasteiger partial charge in [0.2, 0.25) is 0 Å². The minimum atomic E-state index is -0.739. The molecule has 0 spiro atoms. The Labute approximate surface area is 123 Å². The van der Waals surface area contributed by atoms with Crippen LogP contribution in [-0.2, 0) is 4.79 Å². The highest BCUT2D eigenvalue weighted by atomic mass is 16.3. The summed E-state index contributed by atoms with van der Waals surface area (Å²) in [6.07, 6.45) is 11.1. The van der Waals surface area contributed by atoms with Crippen molar-refractivity contribution in [2.24, 2.45) is 17.3 Å². The monoisotopic (exact) mass is 276 g/mol. The molecule has 0 aromatic carbocycles. The smallest absolute Gasteiger partial charge is 0.137 e. The summed E-state index contributed by atoms with van der Waals surface area (Å²) in [6.45, 7) is 8.11. The van der Waals surface area contributed by atoms with E-state index in [4.69, 9.17) is 0 Å². The molecule has 112 valence electrons. The summed E-state index contributed by atoms with van der Waals surface area (Å²) < 4.78 is 0. The molecule has 2 heteroatoms. The van der Waals surface area contributed by atoms with Crippen molar-refractivity contribution in [3.63, 3.8) is 0 Å². The first-order valence-electron chi connectivity index (χ1n) is 7.87. The number of allylic oxidation sites excluding steroid dienone is 3. The fraction of sp³-hybridized carbons (Fsp3) is 0.722.